The first-order valence-corrected chi connectivity index (χ1v) is 8.33. The molecule has 0 spiro atoms. The topological polar surface area (TPSA) is 119 Å². The molecule has 2 saturated heterocycles. The molecule has 0 aromatic rings. The van der Waals surface area contributed by atoms with E-state index in [4.69, 9.17) is 14.6 Å². The molecule has 1 unspecified atom stereocenters. The summed E-state index contributed by atoms with van der Waals surface area (Å²) >= 11 is 0. The number of aliphatic hydroxyl groups excluding tert-OH is 1. The first kappa shape index (κ1) is 23.7. The second-order valence-corrected chi connectivity index (χ2v) is 7.40. The molecule has 0 radical (unpaired) electrons. The Labute approximate surface area is 149 Å². The monoisotopic (exact) mass is 364 g/mol. The lowest BCUT2D eigenvalue weighted by molar-refractivity contribution is -0.898. The van der Waals surface area contributed by atoms with Crippen LogP contribution < -0.4 is 10.2 Å². The van der Waals surface area contributed by atoms with Gasteiger partial charge in [-0.1, -0.05) is 0 Å². The number of aliphatic carboxylic acids is 2. The van der Waals surface area contributed by atoms with Crippen LogP contribution in [-0.4, -0.2) is 113 Å². The van der Waals surface area contributed by atoms with E-state index in [1.165, 1.54) is 26.2 Å². The van der Waals surface area contributed by atoms with Gasteiger partial charge >= 0.3 is 0 Å². The molecular formula is C16H32N2O7. The van der Waals surface area contributed by atoms with Crippen LogP contribution in [0.15, 0.2) is 0 Å². The molecule has 0 bridgehead atoms. The summed E-state index contributed by atoms with van der Waals surface area (Å²) in [6, 6.07) is 0. The Kier molecular flexibility index (Phi) is 10.8. The summed E-state index contributed by atoms with van der Waals surface area (Å²) in [6.07, 6.45) is -2.89. The molecule has 2 aliphatic rings. The Morgan fingerprint density at radius 2 is 1.20 bits per heavy atom. The highest BCUT2D eigenvalue weighted by Gasteiger charge is 2.18. The number of ether oxygens (including phenoxy) is 2. The van der Waals surface area contributed by atoms with Crippen LogP contribution in [0.5, 0.6) is 0 Å². The summed E-state index contributed by atoms with van der Waals surface area (Å²) in [5.41, 5.74) is 0. The molecule has 2 rings (SSSR count). The molecule has 0 amide bonds. The van der Waals surface area contributed by atoms with Crippen LogP contribution in [0.3, 0.4) is 0 Å². The SMILES string of the molecule is C[N+]1(C)CCOCC1.C[N+]1(C)CCOCC1.O=C([O-])CC(O)C(=O)[O-]. The van der Waals surface area contributed by atoms with Crippen LogP contribution in [0, 0.1) is 0 Å². The molecule has 25 heavy (non-hydrogen) atoms. The van der Waals surface area contributed by atoms with Gasteiger partial charge in [0.1, 0.15) is 26.2 Å². The largest absolute Gasteiger partial charge is 0.550 e. The van der Waals surface area contributed by atoms with E-state index < -0.39 is 24.5 Å². The van der Waals surface area contributed by atoms with E-state index in [9.17, 15) is 19.8 Å². The predicted molar refractivity (Wildman–Crippen MR) is 86.0 cm³/mol. The third kappa shape index (κ3) is 13.7. The maximum atomic E-state index is 9.58. The second kappa shape index (κ2) is 11.4. The minimum Gasteiger partial charge on any atom is -0.550 e. The van der Waals surface area contributed by atoms with Crippen molar-refractivity contribution in [2.24, 2.45) is 0 Å². The standard InChI is InChI=1S/2C6H14NO.C4H6O5/c2*1-7(2)3-5-8-6-4-7;5-2(4(8)9)1-3(6)7/h2*3-6H2,1-2H3;2,5H,1H2,(H,6,7)(H,8,9)/q2*+1;/p-2. The number of hydrogen-bond donors (Lipinski definition) is 1. The number of rotatable bonds is 3. The summed E-state index contributed by atoms with van der Waals surface area (Å²) in [5, 5.41) is 27.3. The van der Waals surface area contributed by atoms with Crippen LogP contribution in [0.4, 0.5) is 0 Å². The molecule has 0 aliphatic carbocycles. The molecule has 0 saturated carbocycles. The average Bonchev–Trinajstić information content (AvgIpc) is 2.47. The van der Waals surface area contributed by atoms with Gasteiger partial charge in [0.25, 0.3) is 0 Å². The summed E-state index contributed by atoms with van der Waals surface area (Å²) in [7, 11) is 8.95. The fourth-order valence-corrected chi connectivity index (χ4v) is 1.92. The van der Waals surface area contributed by atoms with E-state index in [0.29, 0.717) is 0 Å². The molecule has 1 N–H and O–H groups in total. The van der Waals surface area contributed by atoms with Gasteiger partial charge in [0, 0.05) is 12.4 Å². The molecule has 0 aromatic carbocycles. The van der Waals surface area contributed by atoms with Crippen LogP contribution in [0.25, 0.3) is 0 Å². The number of likely N-dealkylation sites (N-methyl/N-ethyl adjacent to an activating group) is 2. The van der Waals surface area contributed by atoms with Crippen molar-refractivity contribution in [3.05, 3.63) is 0 Å². The number of carbonyl (C=O) groups excluding carboxylic acids is 2. The molecule has 2 fully saturated rings. The summed E-state index contributed by atoms with van der Waals surface area (Å²) in [6.45, 7) is 8.42. The molecule has 0 aromatic heterocycles. The number of carbonyl (C=O) groups is 2. The third-order valence-electron chi connectivity index (χ3n) is 4.00. The minimum atomic E-state index is -1.96. The van der Waals surface area contributed by atoms with Gasteiger partial charge in [-0.15, -0.1) is 0 Å². The van der Waals surface area contributed by atoms with E-state index in [1.54, 1.807) is 0 Å². The van der Waals surface area contributed by atoms with Crippen molar-refractivity contribution in [3.63, 3.8) is 0 Å². The van der Waals surface area contributed by atoms with Crippen molar-refractivity contribution < 1.29 is 43.3 Å². The first-order chi connectivity index (χ1) is 11.5. The zero-order chi connectivity index (χ0) is 19.5. The zero-order valence-corrected chi connectivity index (χ0v) is 15.7. The number of morpholine rings is 2. The van der Waals surface area contributed by atoms with Gasteiger partial charge in [-0.25, -0.2) is 0 Å². The Bertz CT molecular complexity index is 375. The molecule has 9 heteroatoms. The number of quaternary nitrogens is 2. The van der Waals surface area contributed by atoms with Crippen molar-refractivity contribution in [1.82, 2.24) is 0 Å². The van der Waals surface area contributed by atoms with Crippen molar-refractivity contribution in [2.45, 2.75) is 12.5 Å². The van der Waals surface area contributed by atoms with Gasteiger partial charge in [-0.05, 0) is 0 Å². The fraction of sp³-hybridized carbons (Fsp3) is 0.875. The summed E-state index contributed by atoms with van der Waals surface area (Å²) in [4.78, 5) is 19.1. The molecule has 1 atom stereocenters. The molecule has 2 aliphatic heterocycles. The van der Waals surface area contributed by atoms with Gasteiger partial charge in [-0.3, -0.25) is 0 Å². The fourth-order valence-electron chi connectivity index (χ4n) is 1.92. The molecular weight excluding hydrogens is 332 g/mol. The molecule has 148 valence electrons. The van der Waals surface area contributed by atoms with Gasteiger partial charge in [0.2, 0.25) is 0 Å². The molecule has 9 nitrogen and oxygen atoms in total. The number of aliphatic hydroxyl groups is 1. The lowest BCUT2D eigenvalue weighted by atomic mass is 10.3. The summed E-state index contributed by atoms with van der Waals surface area (Å²) < 4.78 is 12.6. The number of nitrogens with zero attached hydrogens (tertiary/aromatic N) is 2. The lowest BCUT2D eigenvalue weighted by Gasteiger charge is -2.33. The normalized spacial score (nSPS) is 22.3. The highest BCUT2D eigenvalue weighted by atomic mass is 16.5. The number of carboxylic acid groups (broad SMARTS) is 2. The van der Waals surface area contributed by atoms with E-state index in [-0.39, 0.29) is 0 Å². The second-order valence-electron chi connectivity index (χ2n) is 7.40. The van der Waals surface area contributed by atoms with E-state index in [1.807, 2.05) is 0 Å². The number of carboxylic acids is 2. The summed E-state index contributed by atoms with van der Waals surface area (Å²) in [5.74, 6) is -3.43. The smallest absolute Gasteiger partial charge is 0.102 e. The molecule has 2 heterocycles. The van der Waals surface area contributed by atoms with Gasteiger partial charge in [0.15, 0.2) is 0 Å². The Balaban J connectivity index is 0.000000346. The predicted octanol–water partition coefficient (Wildman–Crippen LogP) is -3.58. The quantitative estimate of drug-likeness (QED) is 0.514. The number of hydrogen-bond acceptors (Lipinski definition) is 7. The van der Waals surface area contributed by atoms with Crippen LogP contribution in [-0.2, 0) is 19.1 Å². The highest BCUT2D eigenvalue weighted by molar-refractivity contribution is 5.76. The average molecular weight is 364 g/mol. The lowest BCUT2D eigenvalue weighted by Crippen LogP contribution is -2.48. The van der Waals surface area contributed by atoms with Crippen LogP contribution in [0.2, 0.25) is 0 Å². The van der Waals surface area contributed by atoms with Crippen molar-refractivity contribution in [1.29, 1.82) is 0 Å². The third-order valence-corrected chi connectivity index (χ3v) is 4.00. The van der Waals surface area contributed by atoms with Crippen LogP contribution >= 0.6 is 0 Å². The Morgan fingerprint density at radius 1 is 0.880 bits per heavy atom. The van der Waals surface area contributed by atoms with Crippen molar-refractivity contribution in [2.75, 3.05) is 80.8 Å². The Morgan fingerprint density at radius 3 is 1.32 bits per heavy atom. The van der Waals surface area contributed by atoms with Crippen LogP contribution in [0.1, 0.15) is 6.42 Å². The zero-order valence-electron chi connectivity index (χ0n) is 15.7. The Hall–Kier alpha value is -1.26. The van der Waals surface area contributed by atoms with Crippen molar-refractivity contribution >= 4 is 11.9 Å². The van der Waals surface area contributed by atoms with E-state index in [2.05, 4.69) is 28.2 Å². The maximum Gasteiger partial charge on any atom is 0.102 e. The van der Waals surface area contributed by atoms with Gasteiger partial charge in [0.05, 0.1) is 66.7 Å². The first-order valence-electron chi connectivity index (χ1n) is 8.33. The van der Waals surface area contributed by atoms with Gasteiger partial charge in [-0.2, -0.15) is 0 Å². The van der Waals surface area contributed by atoms with Crippen molar-refractivity contribution in [3.8, 4) is 0 Å². The van der Waals surface area contributed by atoms with Gasteiger partial charge < -0.3 is 43.3 Å². The minimum absolute atomic E-state index is 0.928. The van der Waals surface area contributed by atoms with E-state index in [0.717, 1.165) is 35.4 Å². The maximum absolute atomic E-state index is 9.58. The highest BCUT2D eigenvalue weighted by Crippen LogP contribution is 2.01. The van der Waals surface area contributed by atoms with E-state index >= 15 is 0 Å².